The van der Waals surface area contributed by atoms with Gasteiger partial charge in [0.05, 0.1) is 11.1 Å². The standard InChI is InChI=1S/C16H16O6/c1-7-4-10(9(3)17)15(20)12(14(7)19)6-11-13(18)5-8(2)22-16(11)21/h4-5,18-20H,6H2,1-3H3. The first-order valence-electron chi connectivity index (χ1n) is 6.60. The minimum atomic E-state index is -0.762. The highest BCUT2D eigenvalue weighted by molar-refractivity contribution is 5.97. The lowest BCUT2D eigenvalue weighted by Gasteiger charge is -2.13. The van der Waals surface area contributed by atoms with Gasteiger partial charge >= 0.3 is 5.63 Å². The number of carbonyl (C=O) groups is 1. The van der Waals surface area contributed by atoms with Crippen LogP contribution in [0.25, 0.3) is 0 Å². The van der Waals surface area contributed by atoms with E-state index >= 15 is 0 Å². The van der Waals surface area contributed by atoms with E-state index in [1.165, 1.54) is 26.0 Å². The van der Waals surface area contributed by atoms with Crippen LogP contribution in [0.1, 0.15) is 39.7 Å². The summed E-state index contributed by atoms with van der Waals surface area (Å²) in [5.74, 6) is -1.06. The number of aromatic hydroxyl groups is 3. The fraction of sp³-hybridized carbons (Fsp3) is 0.250. The molecule has 2 aromatic rings. The van der Waals surface area contributed by atoms with Crippen LogP contribution in [0.15, 0.2) is 21.3 Å². The molecule has 0 fully saturated rings. The number of Topliss-reactive ketones (excluding diaryl/α,β-unsaturated/α-hetero) is 1. The number of ketones is 1. The highest BCUT2D eigenvalue weighted by atomic mass is 16.4. The number of rotatable bonds is 3. The van der Waals surface area contributed by atoms with Crippen molar-refractivity contribution in [2.75, 3.05) is 0 Å². The summed E-state index contributed by atoms with van der Waals surface area (Å²) in [6.07, 6.45) is -0.256. The van der Waals surface area contributed by atoms with Crippen LogP contribution in [-0.2, 0) is 6.42 Å². The molecule has 22 heavy (non-hydrogen) atoms. The van der Waals surface area contributed by atoms with E-state index in [-0.39, 0.29) is 46.2 Å². The Balaban J connectivity index is 2.65. The van der Waals surface area contributed by atoms with E-state index in [0.29, 0.717) is 5.56 Å². The summed E-state index contributed by atoms with van der Waals surface area (Å²) in [6.45, 7) is 4.37. The van der Waals surface area contributed by atoms with E-state index in [1.807, 2.05) is 0 Å². The monoisotopic (exact) mass is 304 g/mol. The van der Waals surface area contributed by atoms with Crippen molar-refractivity contribution in [3.05, 3.63) is 50.6 Å². The molecule has 6 heteroatoms. The van der Waals surface area contributed by atoms with Crippen molar-refractivity contribution in [1.29, 1.82) is 0 Å². The Morgan fingerprint density at radius 1 is 1.09 bits per heavy atom. The topological polar surface area (TPSA) is 108 Å². The van der Waals surface area contributed by atoms with E-state index in [0.717, 1.165) is 0 Å². The van der Waals surface area contributed by atoms with Crippen molar-refractivity contribution in [2.24, 2.45) is 0 Å². The molecule has 6 nitrogen and oxygen atoms in total. The highest BCUT2D eigenvalue weighted by Gasteiger charge is 2.21. The summed E-state index contributed by atoms with van der Waals surface area (Å²) in [5, 5.41) is 30.1. The van der Waals surface area contributed by atoms with E-state index < -0.39 is 11.4 Å². The third-order valence-electron chi connectivity index (χ3n) is 3.44. The smallest absolute Gasteiger partial charge is 0.343 e. The van der Waals surface area contributed by atoms with Gasteiger partial charge in [-0.05, 0) is 32.4 Å². The predicted octanol–water partition coefficient (Wildman–Crippen LogP) is 2.17. The molecule has 3 N–H and O–H groups in total. The Hall–Kier alpha value is -2.76. The minimum Gasteiger partial charge on any atom is -0.507 e. The summed E-state index contributed by atoms with van der Waals surface area (Å²) >= 11 is 0. The van der Waals surface area contributed by atoms with Crippen molar-refractivity contribution >= 4 is 5.78 Å². The zero-order valence-electron chi connectivity index (χ0n) is 12.4. The largest absolute Gasteiger partial charge is 0.507 e. The number of hydrogen-bond donors (Lipinski definition) is 3. The molecule has 0 spiro atoms. The third-order valence-corrected chi connectivity index (χ3v) is 3.44. The first kappa shape index (κ1) is 15.6. The molecule has 0 unspecified atom stereocenters. The van der Waals surface area contributed by atoms with Crippen LogP contribution in [-0.4, -0.2) is 21.1 Å². The molecule has 0 radical (unpaired) electrons. The maximum absolute atomic E-state index is 11.8. The lowest BCUT2D eigenvalue weighted by molar-refractivity contribution is 0.101. The lowest BCUT2D eigenvalue weighted by atomic mass is 9.96. The summed E-state index contributed by atoms with van der Waals surface area (Å²) in [7, 11) is 0. The summed E-state index contributed by atoms with van der Waals surface area (Å²) < 4.78 is 4.90. The summed E-state index contributed by atoms with van der Waals surface area (Å²) in [5.41, 5.74) is -0.439. The van der Waals surface area contributed by atoms with Crippen molar-refractivity contribution < 1.29 is 24.5 Å². The number of benzene rings is 1. The zero-order chi connectivity index (χ0) is 16.6. The summed E-state index contributed by atoms with van der Waals surface area (Å²) in [6, 6.07) is 2.64. The van der Waals surface area contributed by atoms with Crippen molar-refractivity contribution in [2.45, 2.75) is 27.2 Å². The molecule has 1 heterocycles. The van der Waals surface area contributed by atoms with E-state index in [1.54, 1.807) is 6.92 Å². The Labute approximate surface area is 126 Å². The average molecular weight is 304 g/mol. The second-order valence-electron chi connectivity index (χ2n) is 5.16. The van der Waals surface area contributed by atoms with Crippen molar-refractivity contribution in [1.82, 2.24) is 0 Å². The molecular formula is C16H16O6. The minimum absolute atomic E-state index is 0.00310. The molecule has 0 amide bonds. The second kappa shape index (κ2) is 5.55. The van der Waals surface area contributed by atoms with Gasteiger partial charge in [0.2, 0.25) is 0 Å². The van der Waals surface area contributed by atoms with Crippen LogP contribution in [0.2, 0.25) is 0 Å². The van der Waals surface area contributed by atoms with Crippen LogP contribution >= 0.6 is 0 Å². The molecule has 0 aliphatic rings. The van der Waals surface area contributed by atoms with E-state index in [9.17, 15) is 24.9 Å². The average Bonchev–Trinajstić information content (AvgIpc) is 2.40. The maximum atomic E-state index is 11.8. The number of phenols is 2. The number of carbonyl (C=O) groups excluding carboxylic acids is 1. The molecule has 0 aliphatic heterocycles. The molecule has 0 bridgehead atoms. The number of phenolic OH excluding ortho intramolecular Hbond substituents is 2. The van der Waals surface area contributed by atoms with Gasteiger partial charge in [0.25, 0.3) is 0 Å². The van der Waals surface area contributed by atoms with Crippen molar-refractivity contribution in [3.8, 4) is 17.2 Å². The Morgan fingerprint density at radius 2 is 1.73 bits per heavy atom. The number of hydrogen-bond acceptors (Lipinski definition) is 6. The quantitative estimate of drug-likeness (QED) is 0.750. The Morgan fingerprint density at radius 3 is 2.27 bits per heavy atom. The zero-order valence-corrected chi connectivity index (χ0v) is 12.4. The highest BCUT2D eigenvalue weighted by Crippen LogP contribution is 2.36. The fourth-order valence-corrected chi connectivity index (χ4v) is 2.26. The Kier molecular flexibility index (Phi) is 3.95. The first-order valence-corrected chi connectivity index (χ1v) is 6.60. The van der Waals surface area contributed by atoms with Gasteiger partial charge in [-0.1, -0.05) is 0 Å². The van der Waals surface area contributed by atoms with Crippen LogP contribution in [0.5, 0.6) is 17.2 Å². The van der Waals surface area contributed by atoms with Gasteiger partial charge in [0, 0.05) is 18.1 Å². The lowest BCUT2D eigenvalue weighted by Crippen LogP contribution is -2.10. The van der Waals surface area contributed by atoms with Gasteiger partial charge in [-0.3, -0.25) is 4.79 Å². The number of aryl methyl sites for hydroxylation is 2. The summed E-state index contributed by atoms with van der Waals surface area (Å²) in [4.78, 5) is 23.4. The molecule has 0 aliphatic carbocycles. The van der Waals surface area contributed by atoms with E-state index in [4.69, 9.17) is 4.42 Å². The molecule has 0 saturated heterocycles. The Bertz CT molecular complexity index is 816. The molecule has 0 saturated carbocycles. The van der Waals surface area contributed by atoms with Crippen LogP contribution < -0.4 is 5.63 Å². The van der Waals surface area contributed by atoms with Gasteiger partial charge in [-0.15, -0.1) is 0 Å². The maximum Gasteiger partial charge on any atom is 0.343 e. The molecule has 1 aromatic carbocycles. The van der Waals surface area contributed by atoms with Gasteiger partial charge in [0.1, 0.15) is 23.0 Å². The third kappa shape index (κ3) is 2.67. The van der Waals surface area contributed by atoms with Gasteiger partial charge in [0.15, 0.2) is 5.78 Å². The molecule has 2 rings (SSSR count). The molecule has 116 valence electrons. The second-order valence-corrected chi connectivity index (χ2v) is 5.16. The van der Waals surface area contributed by atoms with Crippen LogP contribution in [0.3, 0.4) is 0 Å². The van der Waals surface area contributed by atoms with Gasteiger partial charge < -0.3 is 19.7 Å². The molecule has 0 atom stereocenters. The van der Waals surface area contributed by atoms with Crippen LogP contribution in [0, 0.1) is 13.8 Å². The van der Waals surface area contributed by atoms with Crippen molar-refractivity contribution in [3.63, 3.8) is 0 Å². The van der Waals surface area contributed by atoms with Gasteiger partial charge in [-0.25, -0.2) is 4.79 Å². The SMILES string of the molecule is CC(=O)c1cc(C)c(O)c(Cc2c(O)cc(C)oc2=O)c1O. The van der Waals surface area contributed by atoms with E-state index in [2.05, 4.69) is 0 Å². The predicted molar refractivity (Wildman–Crippen MR) is 78.7 cm³/mol. The van der Waals surface area contributed by atoms with Crippen LogP contribution in [0.4, 0.5) is 0 Å². The normalized spacial score (nSPS) is 10.7. The van der Waals surface area contributed by atoms with Gasteiger partial charge in [-0.2, -0.15) is 0 Å². The molecule has 1 aromatic heterocycles. The fourth-order valence-electron chi connectivity index (χ4n) is 2.26. The first-order chi connectivity index (χ1) is 10.2. The molecular weight excluding hydrogens is 288 g/mol.